The molecule has 29 heavy (non-hydrogen) atoms. The Morgan fingerprint density at radius 1 is 0.862 bits per heavy atom. The molecule has 5 heteroatoms. The van der Waals surface area contributed by atoms with Gasteiger partial charge in [0.1, 0.15) is 6.10 Å². The summed E-state index contributed by atoms with van der Waals surface area (Å²) in [5.74, 6) is 5.88. The Hall–Kier alpha value is -0.810. The van der Waals surface area contributed by atoms with Crippen LogP contribution in [0.2, 0.25) is 0 Å². The third kappa shape index (κ3) is 4.46. The summed E-state index contributed by atoms with van der Waals surface area (Å²) in [5, 5.41) is 6.36. The molecule has 0 spiro atoms. The molecule has 5 nitrogen and oxygen atoms in total. The number of carbonyl (C=O) groups excluding carboxylic acids is 1. The van der Waals surface area contributed by atoms with Crippen LogP contribution in [0.5, 0.6) is 0 Å². The predicted molar refractivity (Wildman–Crippen MR) is 115 cm³/mol. The number of fused-ring (bicyclic) bond motifs is 5. The SMILES string of the molecule is O=C(NCCN1CCNCC1)OC1CCC2C(CCC3C4CCCC4CCC23)C1. The van der Waals surface area contributed by atoms with Gasteiger partial charge in [-0.3, -0.25) is 4.90 Å². The van der Waals surface area contributed by atoms with Gasteiger partial charge in [0.05, 0.1) is 0 Å². The van der Waals surface area contributed by atoms with Gasteiger partial charge in [0.2, 0.25) is 0 Å². The van der Waals surface area contributed by atoms with Crippen LogP contribution < -0.4 is 10.6 Å². The third-order valence-corrected chi connectivity index (χ3v) is 9.28. The standard InChI is InChI=1S/C24H41N3O2/c28-24(26-12-15-27-13-10-25-11-14-27)29-19-6-9-21-18(16-19)5-8-22-20-3-1-2-17(20)4-7-23(21)22/h17-23,25H,1-16H2,(H,26,28). The zero-order valence-corrected chi connectivity index (χ0v) is 18.1. The molecule has 1 amide bonds. The lowest BCUT2D eigenvalue weighted by Crippen LogP contribution is -2.47. The molecule has 1 heterocycles. The van der Waals surface area contributed by atoms with Crippen LogP contribution in [0.1, 0.15) is 64.2 Å². The zero-order chi connectivity index (χ0) is 19.6. The fraction of sp³-hybridized carbons (Fsp3) is 0.958. The molecule has 0 bridgehead atoms. The van der Waals surface area contributed by atoms with Crippen molar-refractivity contribution in [2.24, 2.45) is 35.5 Å². The van der Waals surface area contributed by atoms with Crippen LogP contribution in [0.4, 0.5) is 4.79 Å². The van der Waals surface area contributed by atoms with E-state index in [0.717, 1.165) is 81.1 Å². The minimum atomic E-state index is -0.191. The monoisotopic (exact) mass is 403 g/mol. The van der Waals surface area contributed by atoms with Crippen molar-refractivity contribution in [3.05, 3.63) is 0 Å². The molecule has 0 radical (unpaired) electrons. The smallest absolute Gasteiger partial charge is 0.407 e. The maximum atomic E-state index is 12.3. The molecule has 2 N–H and O–H groups in total. The molecule has 4 saturated carbocycles. The minimum absolute atomic E-state index is 0.148. The van der Waals surface area contributed by atoms with E-state index >= 15 is 0 Å². The van der Waals surface area contributed by atoms with Gasteiger partial charge in [-0.25, -0.2) is 4.79 Å². The Balaban J connectivity index is 1.06. The Kier molecular flexibility index (Phi) is 6.33. The van der Waals surface area contributed by atoms with Crippen LogP contribution in [0, 0.1) is 35.5 Å². The first-order chi connectivity index (χ1) is 14.3. The summed E-state index contributed by atoms with van der Waals surface area (Å²) in [7, 11) is 0. The van der Waals surface area contributed by atoms with Crippen LogP contribution in [0.15, 0.2) is 0 Å². The highest BCUT2D eigenvalue weighted by molar-refractivity contribution is 5.67. The third-order valence-electron chi connectivity index (χ3n) is 9.28. The first kappa shape index (κ1) is 20.1. The average molecular weight is 404 g/mol. The second-order valence-electron chi connectivity index (χ2n) is 10.6. The van der Waals surface area contributed by atoms with E-state index in [-0.39, 0.29) is 12.2 Å². The first-order valence-electron chi connectivity index (χ1n) is 12.7. The van der Waals surface area contributed by atoms with Crippen molar-refractivity contribution in [2.45, 2.75) is 70.3 Å². The van der Waals surface area contributed by atoms with E-state index in [4.69, 9.17) is 4.74 Å². The Labute approximate surface area is 176 Å². The number of nitrogens with zero attached hydrogens (tertiary/aromatic N) is 1. The van der Waals surface area contributed by atoms with Gasteiger partial charge in [0, 0.05) is 39.3 Å². The van der Waals surface area contributed by atoms with Crippen molar-refractivity contribution < 1.29 is 9.53 Å². The number of ether oxygens (including phenoxy) is 1. The number of nitrogens with one attached hydrogen (secondary N) is 2. The fourth-order valence-electron chi connectivity index (χ4n) is 7.98. The lowest BCUT2D eigenvalue weighted by molar-refractivity contribution is -0.0487. The lowest BCUT2D eigenvalue weighted by Gasteiger charge is -2.52. The highest BCUT2D eigenvalue weighted by atomic mass is 16.6. The van der Waals surface area contributed by atoms with Crippen molar-refractivity contribution in [3.8, 4) is 0 Å². The highest BCUT2D eigenvalue weighted by Crippen LogP contribution is 2.57. The molecule has 7 unspecified atom stereocenters. The molecule has 4 aliphatic carbocycles. The Morgan fingerprint density at radius 2 is 1.59 bits per heavy atom. The molecule has 7 atom stereocenters. The molecule has 0 aromatic carbocycles. The maximum absolute atomic E-state index is 12.3. The van der Waals surface area contributed by atoms with E-state index in [2.05, 4.69) is 15.5 Å². The topological polar surface area (TPSA) is 53.6 Å². The Bertz CT molecular complexity index is 564. The van der Waals surface area contributed by atoms with Crippen LogP contribution in [-0.2, 0) is 4.74 Å². The van der Waals surface area contributed by atoms with Gasteiger partial charge in [-0.15, -0.1) is 0 Å². The first-order valence-corrected chi connectivity index (χ1v) is 12.7. The quantitative estimate of drug-likeness (QED) is 0.752. The molecule has 1 aliphatic heterocycles. The number of alkyl carbamates (subject to hydrolysis) is 1. The van der Waals surface area contributed by atoms with Crippen LogP contribution in [-0.4, -0.2) is 56.4 Å². The average Bonchev–Trinajstić information content (AvgIpc) is 3.23. The summed E-state index contributed by atoms with van der Waals surface area (Å²) < 4.78 is 5.85. The summed E-state index contributed by atoms with van der Waals surface area (Å²) in [5.41, 5.74) is 0. The summed E-state index contributed by atoms with van der Waals surface area (Å²) in [6.45, 7) is 5.89. The van der Waals surface area contributed by atoms with Crippen molar-refractivity contribution in [2.75, 3.05) is 39.3 Å². The fourth-order valence-corrected chi connectivity index (χ4v) is 7.98. The molecule has 1 saturated heterocycles. The van der Waals surface area contributed by atoms with E-state index in [1.807, 2.05) is 0 Å². The number of hydrogen-bond donors (Lipinski definition) is 2. The number of amides is 1. The molecule has 5 aliphatic rings. The van der Waals surface area contributed by atoms with E-state index in [0.29, 0.717) is 6.54 Å². The number of hydrogen-bond acceptors (Lipinski definition) is 4. The molecule has 0 aromatic heterocycles. The molecular weight excluding hydrogens is 362 g/mol. The summed E-state index contributed by atoms with van der Waals surface area (Å²) in [6, 6.07) is 0. The Morgan fingerprint density at radius 3 is 2.41 bits per heavy atom. The summed E-state index contributed by atoms with van der Waals surface area (Å²) >= 11 is 0. The van der Waals surface area contributed by atoms with Crippen molar-refractivity contribution in [3.63, 3.8) is 0 Å². The van der Waals surface area contributed by atoms with Gasteiger partial charge in [0.15, 0.2) is 0 Å². The van der Waals surface area contributed by atoms with Gasteiger partial charge in [-0.05, 0) is 86.9 Å². The van der Waals surface area contributed by atoms with Gasteiger partial charge in [-0.2, -0.15) is 0 Å². The van der Waals surface area contributed by atoms with Crippen molar-refractivity contribution in [1.82, 2.24) is 15.5 Å². The van der Waals surface area contributed by atoms with Gasteiger partial charge < -0.3 is 15.4 Å². The largest absolute Gasteiger partial charge is 0.446 e. The van der Waals surface area contributed by atoms with Gasteiger partial charge in [-0.1, -0.05) is 12.8 Å². The number of piperazine rings is 1. The zero-order valence-electron chi connectivity index (χ0n) is 18.1. The minimum Gasteiger partial charge on any atom is -0.446 e. The van der Waals surface area contributed by atoms with Crippen molar-refractivity contribution in [1.29, 1.82) is 0 Å². The summed E-state index contributed by atoms with van der Waals surface area (Å²) in [4.78, 5) is 14.7. The van der Waals surface area contributed by atoms with E-state index in [1.54, 1.807) is 0 Å². The number of rotatable bonds is 4. The maximum Gasteiger partial charge on any atom is 0.407 e. The normalized spacial score (nSPS) is 42.4. The lowest BCUT2D eigenvalue weighted by atomic mass is 9.53. The summed E-state index contributed by atoms with van der Waals surface area (Å²) in [6.07, 6.45) is 13.8. The van der Waals surface area contributed by atoms with Crippen LogP contribution >= 0.6 is 0 Å². The molecule has 5 fully saturated rings. The van der Waals surface area contributed by atoms with E-state index in [1.165, 1.54) is 51.4 Å². The van der Waals surface area contributed by atoms with Crippen LogP contribution in [0.25, 0.3) is 0 Å². The molecule has 0 aromatic rings. The van der Waals surface area contributed by atoms with Crippen molar-refractivity contribution >= 4 is 6.09 Å². The van der Waals surface area contributed by atoms with Gasteiger partial charge in [0.25, 0.3) is 0 Å². The van der Waals surface area contributed by atoms with E-state index in [9.17, 15) is 4.79 Å². The van der Waals surface area contributed by atoms with E-state index < -0.39 is 0 Å². The second-order valence-corrected chi connectivity index (χ2v) is 10.6. The molecule has 164 valence electrons. The van der Waals surface area contributed by atoms with Crippen LogP contribution in [0.3, 0.4) is 0 Å². The highest BCUT2D eigenvalue weighted by Gasteiger charge is 2.49. The second kappa shape index (κ2) is 9.13. The molecule has 5 rings (SSSR count). The predicted octanol–water partition coefficient (Wildman–Crippen LogP) is 3.64. The number of carbonyl (C=O) groups is 1. The molecular formula is C24H41N3O2. The van der Waals surface area contributed by atoms with Gasteiger partial charge >= 0.3 is 6.09 Å².